The summed E-state index contributed by atoms with van der Waals surface area (Å²) in [5.41, 5.74) is 2.52. The minimum atomic E-state index is -0.665. The second-order valence-corrected chi connectivity index (χ2v) is 7.33. The summed E-state index contributed by atoms with van der Waals surface area (Å²) in [6.45, 7) is 7.87. The number of aliphatic hydroxyl groups excluding tert-OH is 1. The van der Waals surface area contributed by atoms with Crippen molar-refractivity contribution >= 4 is 27.4 Å². The lowest BCUT2D eigenvalue weighted by Gasteiger charge is -2.38. The second-order valence-electron chi connectivity index (χ2n) is 6.47. The van der Waals surface area contributed by atoms with Crippen LogP contribution in [0.5, 0.6) is 0 Å². The average Bonchev–Trinajstić information content (AvgIpc) is 2.78. The van der Waals surface area contributed by atoms with Crippen molar-refractivity contribution in [2.75, 3.05) is 19.7 Å². The lowest BCUT2D eigenvalue weighted by Crippen LogP contribution is -2.52. The Morgan fingerprint density at radius 2 is 2.00 bits per heavy atom. The summed E-state index contributed by atoms with van der Waals surface area (Å²) in [6.07, 6.45) is 1.28. The van der Waals surface area contributed by atoms with E-state index in [1.54, 1.807) is 0 Å². The van der Waals surface area contributed by atoms with Crippen molar-refractivity contribution in [1.29, 1.82) is 0 Å². The van der Waals surface area contributed by atoms with E-state index in [9.17, 15) is 9.90 Å². The lowest BCUT2D eigenvalue weighted by atomic mass is 9.85. The van der Waals surface area contributed by atoms with Crippen LogP contribution in [0.25, 0.3) is 5.57 Å². The molecule has 2 heterocycles. The number of carbonyl (C=O) groups excluding carboxylic acids is 1. The molecule has 1 amide bonds. The Hall–Kier alpha value is -1.37. The Kier molecular flexibility index (Phi) is 4.73. The molecule has 0 radical (unpaired) electrons. The highest BCUT2D eigenvalue weighted by molar-refractivity contribution is 9.10. The van der Waals surface area contributed by atoms with Crippen LogP contribution < -0.4 is 5.32 Å². The van der Waals surface area contributed by atoms with Crippen LogP contribution in [0, 0.1) is 13.8 Å². The molecule has 1 fully saturated rings. The van der Waals surface area contributed by atoms with Gasteiger partial charge in [0.25, 0.3) is 5.91 Å². The molecule has 0 saturated carbocycles. The number of piperidine rings is 1. The fourth-order valence-electron chi connectivity index (χ4n) is 3.67. The van der Waals surface area contributed by atoms with E-state index in [2.05, 4.69) is 21.2 Å². The van der Waals surface area contributed by atoms with E-state index < -0.39 is 5.54 Å². The van der Waals surface area contributed by atoms with Gasteiger partial charge in [-0.05, 0) is 56.4 Å². The highest BCUT2D eigenvalue weighted by Crippen LogP contribution is 2.41. The number of carbonyl (C=O) groups is 1. The first-order valence-corrected chi connectivity index (χ1v) is 9.09. The van der Waals surface area contributed by atoms with E-state index in [1.807, 2.05) is 38.0 Å². The zero-order valence-electron chi connectivity index (χ0n) is 14.3. The topological polar surface area (TPSA) is 61.8 Å². The molecule has 1 spiro atoms. The Labute approximate surface area is 150 Å². The van der Waals surface area contributed by atoms with Crippen LogP contribution in [-0.2, 0) is 9.63 Å². The van der Waals surface area contributed by atoms with Gasteiger partial charge >= 0.3 is 0 Å². The Bertz CT molecular complexity index is 706. The van der Waals surface area contributed by atoms with Crippen molar-refractivity contribution < 1.29 is 14.7 Å². The smallest absolute Gasteiger partial charge is 0.256 e. The van der Waals surface area contributed by atoms with Gasteiger partial charge in [0, 0.05) is 17.6 Å². The number of aliphatic hydroxyl groups is 1. The summed E-state index contributed by atoms with van der Waals surface area (Å²) >= 11 is 3.52. The first-order valence-electron chi connectivity index (χ1n) is 8.30. The van der Waals surface area contributed by atoms with Crippen molar-refractivity contribution in [2.24, 2.45) is 0 Å². The maximum Gasteiger partial charge on any atom is 0.256 e. The number of aryl methyl sites for hydroxylation is 1. The van der Waals surface area contributed by atoms with Gasteiger partial charge in [-0.1, -0.05) is 22.0 Å². The van der Waals surface area contributed by atoms with Crippen LogP contribution in [0.1, 0.15) is 36.5 Å². The van der Waals surface area contributed by atoms with Gasteiger partial charge < -0.3 is 10.4 Å². The highest BCUT2D eigenvalue weighted by Gasteiger charge is 2.48. The molecule has 5 nitrogen and oxygen atoms in total. The summed E-state index contributed by atoms with van der Waals surface area (Å²) < 4.78 is 0.934. The largest absolute Gasteiger partial charge is 0.509 e. The van der Waals surface area contributed by atoms with Crippen LogP contribution in [0.4, 0.5) is 0 Å². The molecule has 3 rings (SSSR count). The average molecular weight is 395 g/mol. The predicted molar refractivity (Wildman–Crippen MR) is 96.5 cm³/mol. The van der Waals surface area contributed by atoms with Gasteiger partial charge in [0.15, 0.2) is 0 Å². The summed E-state index contributed by atoms with van der Waals surface area (Å²) in [5, 5.41) is 15.9. The van der Waals surface area contributed by atoms with Gasteiger partial charge in [0.1, 0.15) is 11.3 Å². The number of nitrogens with one attached hydrogen (secondary N) is 1. The molecule has 2 aliphatic rings. The first-order chi connectivity index (χ1) is 11.4. The number of nitrogens with zero attached hydrogens (tertiary/aromatic N) is 1. The van der Waals surface area contributed by atoms with Crippen LogP contribution in [0.2, 0.25) is 0 Å². The monoisotopic (exact) mass is 394 g/mol. The molecule has 1 aromatic rings. The predicted octanol–water partition coefficient (Wildman–Crippen LogP) is 3.25. The highest BCUT2D eigenvalue weighted by atomic mass is 79.9. The molecule has 2 aliphatic heterocycles. The first kappa shape index (κ1) is 17.5. The van der Waals surface area contributed by atoms with E-state index >= 15 is 0 Å². The zero-order valence-corrected chi connectivity index (χ0v) is 15.9. The van der Waals surface area contributed by atoms with Gasteiger partial charge in [-0.15, -0.1) is 0 Å². The normalized spacial score (nSPS) is 20.8. The molecule has 0 aliphatic carbocycles. The van der Waals surface area contributed by atoms with E-state index in [0.29, 0.717) is 38.1 Å². The van der Waals surface area contributed by atoms with Crippen molar-refractivity contribution in [2.45, 2.75) is 39.2 Å². The minimum Gasteiger partial charge on any atom is -0.509 e. The Morgan fingerprint density at radius 3 is 2.62 bits per heavy atom. The van der Waals surface area contributed by atoms with Crippen molar-refractivity contribution in [3.63, 3.8) is 0 Å². The van der Waals surface area contributed by atoms with Gasteiger partial charge in [-0.2, -0.15) is 5.06 Å². The second kappa shape index (κ2) is 6.50. The van der Waals surface area contributed by atoms with Gasteiger partial charge in [0.2, 0.25) is 0 Å². The molecule has 0 atom stereocenters. The van der Waals surface area contributed by atoms with Crippen LogP contribution in [0.15, 0.2) is 22.4 Å². The van der Waals surface area contributed by atoms with Crippen molar-refractivity contribution in [3.05, 3.63) is 39.1 Å². The number of rotatable bonds is 3. The molecule has 1 aromatic carbocycles. The molecule has 130 valence electrons. The van der Waals surface area contributed by atoms with Crippen molar-refractivity contribution in [1.82, 2.24) is 10.4 Å². The van der Waals surface area contributed by atoms with Gasteiger partial charge in [-0.25, -0.2) is 0 Å². The van der Waals surface area contributed by atoms with Gasteiger partial charge in [0.05, 0.1) is 12.2 Å². The maximum atomic E-state index is 12.7. The molecular formula is C18H23BrN2O3. The number of benzene rings is 1. The Balaban J connectivity index is 1.99. The molecule has 0 aromatic heterocycles. The fraction of sp³-hybridized carbons (Fsp3) is 0.500. The summed E-state index contributed by atoms with van der Waals surface area (Å²) in [7, 11) is 0. The summed E-state index contributed by atoms with van der Waals surface area (Å²) in [6, 6.07) is 3.93. The molecule has 0 unspecified atom stereocenters. The molecular weight excluding hydrogens is 372 g/mol. The maximum absolute atomic E-state index is 12.7. The molecule has 2 N–H and O–H groups in total. The van der Waals surface area contributed by atoms with E-state index in [-0.39, 0.29) is 11.7 Å². The quantitative estimate of drug-likeness (QED) is 0.825. The van der Waals surface area contributed by atoms with Crippen LogP contribution in [-0.4, -0.2) is 41.3 Å². The lowest BCUT2D eigenvalue weighted by molar-refractivity contribution is -0.172. The Morgan fingerprint density at radius 1 is 1.33 bits per heavy atom. The number of hydroxylamine groups is 2. The number of hydrogen-bond donors (Lipinski definition) is 2. The van der Waals surface area contributed by atoms with E-state index in [1.165, 1.54) is 0 Å². The standard InChI is InChI=1S/C18H23BrN2O3/c1-4-24-21-9-7-18(8-10-21)16(22)15(17(23)20-18)14-11(2)5-6-13(19)12(14)3/h5-6,22H,4,7-10H2,1-3H3,(H,20,23). The summed E-state index contributed by atoms with van der Waals surface area (Å²) in [5.74, 6) is -0.0189. The van der Waals surface area contributed by atoms with Crippen LogP contribution in [0.3, 0.4) is 0 Å². The SMILES string of the molecule is CCON1CCC2(CC1)NC(=O)C(c1c(C)ccc(Br)c1C)=C2O. The van der Waals surface area contributed by atoms with E-state index in [4.69, 9.17) is 4.84 Å². The molecule has 24 heavy (non-hydrogen) atoms. The third-order valence-electron chi connectivity index (χ3n) is 5.01. The number of amides is 1. The van der Waals surface area contributed by atoms with E-state index in [0.717, 1.165) is 21.2 Å². The third-order valence-corrected chi connectivity index (χ3v) is 5.87. The minimum absolute atomic E-state index is 0.174. The number of halogens is 1. The third kappa shape index (κ3) is 2.76. The fourth-order valence-corrected chi connectivity index (χ4v) is 4.00. The van der Waals surface area contributed by atoms with Gasteiger partial charge in [-0.3, -0.25) is 9.63 Å². The molecule has 6 heteroatoms. The van der Waals surface area contributed by atoms with Crippen LogP contribution >= 0.6 is 15.9 Å². The van der Waals surface area contributed by atoms with Crippen molar-refractivity contribution in [3.8, 4) is 0 Å². The molecule has 1 saturated heterocycles. The number of hydrogen-bond acceptors (Lipinski definition) is 4. The summed E-state index contributed by atoms with van der Waals surface area (Å²) in [4.78, 5) is 18.2. The molecule has 0 bridgehead atoms. The zero-order chi connectivity index (χ0) is 17.5.